The maximum atomic E-state index is 6.50. The third-order valence-electron chi connectivity index (χ3n) is 4.39. The van der Waals surface area contributed by atoms with Crippen molar-refractivity contribution in [3.8, 4) is 5.75 Å². The SMILES string of the molecule is C(=NCc1ccccc1)c1cccc(OP(c2ccccc2)c2ccccc2)c1. The van der Waals surface area contributed by atoms with Crippen molar-refractivity contribution >= 4 is 25.0 Å². The predicted molar refractivity (Wildman–Crippen MR) is 124 cm³/mol. The summed E-state index contributed by atoms with van der Waals surface area (Å²) >= 11 is 0. The maximum Gasteiger partial charge on any atom is 0.150 e. The Morgan fingerprint density at radius 3 is 1.86 bits per heavy atom. The van der Waals surface area contributed by atoms with Crippen LogP contribution < -0.4 is 15.1 Å². The van der Waals surface area contributed by atoms with Gasteiger partial charge in [0, 0.05) is 16.8 Å². The fraction of sp³-hybridized carbons (Fsp3) is 0.0385. The number of benzene rings is 4. The summed E-state index contributed by atoms with van der Waals surface area (Å²) < 4.78 is 6.50. The van der Waals surface area contributed by atoms with Crippen molar-refractivity contribution in [1.82, 2.24) is 0 Å². The Labute approximate surface area is 173 Å². The van der Waals surface area contributed by atoms with Crippen LogP contribution in [0.15, 0.2) is 120 Å². The second-order valence-electron chi connectivity index (χ2n) is 6.58. The summed E-state index contributed by atoms with van der Waals surface area (Å²) in [6.45, 7) is 0.673. The molecule has 0 atom stereocenters. The molecule has 0 radical (unpaired) electrons. The molecule has 0 unspecified atom stereocenters. The molecule has 4 aromatic rings. The van der Waals surface area contributed by atoms with E-state index in [0.717, 1.165) is 11.3 Å². The zero-order valence-electron chi connectivity index (χ0n) is 16.1. The van der Waals surface area contributed by atoms with Gasteiger partial charge in [0.05, 0.1) is 6.54 Å². The van der Waals surface area contributed by atoms with E-state index in [1.165, 1.54) is 16.2 Å². The molecular formula is C26H22NOP. The highest BCUT2D eigenvalue weighted by Crippen LogP contribution is 2.36. The van der Waals surface area contributed by atoms with Gasteiger partial charge in [0.1, 0.15) is 5.75 Å². The lowest BCUT2D eigenvalue weighted by molar-refractivity contribution is 0.629. The first-order valence-electron chi connectivity index (χ1n) is 9.60. The van der Waals surface area contributed by atoms with Gasteiger partial charge in [-0.2, -0.15) is 0 Å². The van der Waals surface area contributed by atoms with Gasteiger partial charge in [0.15, 0.2) is 8.15 Å². The molecule has 0 saturated heterocycles. The van der Waals surface area contributed by atoms with Crippen molar-refractivity contribution < 1.29 is 4.52 Å². The topological polar surface area (TPSA) is 21.6 Å². The molecule has 142 valence electrons. The molecule has 0 fully saturated rings. The van der Waals surface area contributed by atoms with Gasteiger partial charge in [-0.3, -0.25) is 4.99 Å². The fourth-order valence-electron chi connectivity index (χ4n) is 2.98. The largest absolute Gasteiger partial charge is 0.464 e. The van der Waals surface area contributed by atoms with E-state index in [9.17, 15) is 0 Å². The van der Waals surface area contributed by atoms with Gasteiger partial charge in [0.25, 0.3) is 0 Å². The molecule has 0 aliphatic heterocycles. The lowest BCUT2D eigenvalue weighted by Crippen LogP contribution is -2.15. The highest BCUT2D eigenvalue weighted by molar-refractivity contribution is 7.68. The Balaban J connectivity index is 1.53. The fourth-order valence-corrected chi connectivity index (χ4v) is 4.70. The van der Waals surface area contributed by atoms with Crippen LogP contribution in [-0.2, 0) is 6.54 Å². The van der Waals surface area contributed by atoms with E-state index in [0.29, 0.717) is 6.54 Å². The van der Waals surface area contributed by atoms with E-state index in [-0.39, 0.29) is 0 Å². The molecule has 0 N–H and O–H groups in total. The molecule has 0 amide bonds. The first kappa shape index (κ1) is 19.1. The molecule has 0 aromatic heterocycles. The van der Waals surface area contributed by atoms with Crippen LogP contribution in [0.2, 0.25) is 0 Å². The average Bonchev–Trinajstić information content (AvgIpc) is 2.80. The number of hydrogen-bond acceptors (Lipinski definition) is 2. The molecule has 0 bridgehead atoms. The van der Waals surface area contributed by atoms with Crippen molar-refractivity contribution in [3.63, 3.8) is 0 Å². The summed E-state index contributed by atoms with van der Waals surface area (Å²) in [4.78, 5) is 4.57. The van der Waals surface area contributed by atoms with E-state index in [1.54, 1.807) is 0 Å². The van der Waals surface area contributed by atoms with Crippen LogP contribution in [0.5, 0.6) is 5.75 Å². The van der Waals surface area contributed by atoms with Crippen LogP contribution in [0.1, 0.15) is 11.1 Å². The number of rotatable bonds is 7. The number of aliphatic imine (C=N–C) groups is 1. The average molecular weight is 395 g/mol. The second kappa shape index (κ2) is 9.82. The van der Waals surface area contributed by atoms with Crippen molar-refractivity contribution in [1.29, 1.82) is 0 Å². The summed E-state index contributed by atoms with van der Waals surface area (Å²) in [5.41, 5.74) is 2.24. The normalized spacial score (nSPS) is 11.1. The van der Waals surface area contributed by atoms with E-state index in [4.69, 9.17) is 4.52 Å². The van der Waals surface area contributed by atoms with Crippen LogP contribution in [-0.4, -0.2) is 6.21 Å². The molecule has 4 rings (SSSR count). The highest BCUT2D eigenvalue weighted by atomic mass is 31.1. The van der Waals surface area contributed by atoms with Crippen molar-refractivity contribution in [2.24, 2.45) is 4.99 Å². The third-order valence-corrected chi connectivity index (χ3v) is 6.32. The molecule has 29 heavy (non-hydrogen) atoms. The Morgan fingerprint density at radius 1 is 0.655 bits per heavy atom. The third kappa shape index (κ3) is 5.40. The molecule has 4 aromatic carbocycles. The van der Waals surface area contributed by atoms with E-state index < -0.39 is 8.15 Å². The zero-order chi connectivity index (χ0) is 19.7. The Hall–Kier alpha value is -3.22. The summed E-state index contributed by atoms with van der Waals surface area (Å²) in [7, 11) is -0.933. The minimum Gasteiger partial charge on any atom is -0.464 e. The Morgan fingerprint density at radius 2 is 1.24 bits per heavy atom. The zero-order valence-corrected chi connectivity index (χ0v) is 17.0. The molecule has 0 heterocycles. The summed E-state index contributed by atoms with van der Waals surface area (Å²) in [6, 6.07) is 39.2. The van der Waals surface area contributed by atoms with Gasteiger partial charge < -0.3 is 4.52 Å². The van der Waals surface area contributed by atoms with Gasteiger partial charge in [-0.25, -0.2) is 0 Å². The van der Waals surface area contributed by atoms with Crippen LogP contribution >= 0.6 is 8.15 Å². The van der Waals surface area contributed by atoms with Gasteiger partial charge >= 0.3 is 0 Å². The maximum absolute atomic E-state index is 6.50. The van der Waals surface area contributed by atoms with Crippen LogP contribution in [0, 0.1) is 0 Å². The molecule has 0 saturated carbocycles. The minimum absolute atomic E-state index is 0.673. The quantitative estimate of drug-likeness (QED) is 0.289. The lowest BCUT2D eigenvalue weighted by Gasteiger charge is -2.19. The number of nitrogens with zero attached hydrogens (tertiary/aromatic N) is 1. The highest BCUT2D eigenvalue weighted by Gasteiger charge is 2.16. The van der Waals surface area contributed by atoms with E-state index in [1.807, 2.05) is 48.7 Å². The smallest absolute Gasteiger partial charge is 0.150 e. The van der Waals surface area contributed by atoms with Crippen molar-refractivity contribution in [3.05, 3.63) is 126 Å². The molecule has 0 spiro atoms. The van der Waals surface area contributed by atoms with E-state index >= 15 is 0 Å². The molecular weight excluding hydrogens is 373 g/mol. The molecule has 2 nitrogen and oxygen atoms in total. The van der Waals surface area contributed by atoms with Gasteiger partial charge in [-0.1, -0.05) is 103 Å². The van der Waals surface area contributed by atoms with Gasteiger partial charge in [-0.05, 0) is 23.3 Å². The van der Waals surface area contributed by atoms with Crippen molar-refractivity contribution in [2.45, 2.75) is 6.54 Å². The van der Waals surface area contributed by atoms with Gasteiger partial charge in [-0.15, -0.1) is 0 Å². The van der Waals surface area contributed by atoms with Gasteiger partial charge in [0.2, 0.25) is 0 Å². The van der Waals surface area contributed by atoms with Crippen molar-refractivity contribution in [2.75, 3.05) is 0 Å². The first-order valence-corrected chi connectivity index (χ1v) is 10.9. The summed E-state index contributed by atoms with van der Waals surface area (Å²) in [5, 5.41) is 2.38. The standard InChI is InChI=1S/C26H22NOP/c1-4-11-22(12-5-1)20-27-21-23-13-10-14-24(19-23)28-29(25-15-6-2-7-16-25)26-17-8-3-9-18-26/h1-19,21H,20H2. The van der Waals surface area contributed by atoms with E-state index in [2.05, 4.69) is 77.8 Å². The number of hydrogen-bond donors (Lipinski definition) is 0. The summed E-state index contributed by atoms with van der Waals surface area (Å²) in [6.07, 6.45) is 1.91. The lowest BCUT2D eigenvalue weighted by atomic mass is 10.2. The Kier molecular flexibility index (Phi) is 6.47. The predicted octanol–water partition coefficient (Wildman–Crippen LogP) is 5.73. The summed E-state index contributed by atoms with van der Waals surface area (Å²) in [5.74, 6) is 0.854. The monoisotopic (exact) mass is 395 g/mol. The second-order valence-corrected chi connectivity index (χ2v) is 8.39. The molecule has 3 heteroatoms. The molecule has 0 aliphatic carbocycles. The minimum atomic E-state index is -0.933. The van der Waals surface area contributed by atoms with Crippen LogP contribution in [0.4, 0.5) is 0 Å². The molecule has 0 aliphatic rings. The first-order chi connectivity index (χ1) is 14.4. The van der Waals surface area contributed by atoms with Crippen LogP contribution in [0.3, 0.4) is 0 Å². The Bertz CT molecular complexity index is 1010. The van der Waals surface area contributed by atoms with Crippen LogP contribution in [0.25, 0.3) is 0 Å².